The first-order valence-electron chi connectivity index (χ1n) is 9.69. The topological polar surface area (TPSA) is 0 Å². The van der Waals surface area contributed by atoms with Crippen LogP contribution in [-0.4, -0.2) is 9.52 Å². The van der Waals surface area contributed by atoms with Crippen molar-refractivity contribution in [2.75, 3.05) is 0 Å². The molecule has 1 heteroatoms. The fourth-order valence-electron chi connectivity index (χ4n) is 3.70. The molecular formula is C24H30Si. The molecule has 25 heavy (non-hydrogen) atoms. The van der Waals surface area contributed by atoms with Crippen molar-refractivity contribution < 1.29 is 0 Å². The molecule has 1 aliphatic rings. The van der Waals surface area contributed by atoms with Crippen molar-refractivity contribution in [3.63, 3.8) is 0 Å². The minimum absolute atomic E-state index is 0.377. The Kier molecular flexibility index (Phi) is 6.09. The Morgan fingerprint density at radius 2 is 1.68 bits per heavy atom. The lowest BCUT2D eigenvalue weighted by Crippen LogP contribution is -2.23. The zero-order chi connectivity index (χ0) is 17.6. The molecule has 0 N–H and O–H groups in total. The van der Waals surface area contributed by atoms with Crippen LogP contribution in [0.15, 0.2) is 71.5 Å². The molecule has 3 rings (SSSR count). The number of hydrogen-bond acceptors (Lipinski definition) is 0. The first kappa shape index (κ1) is 17.9. The maximum Gasteiger partial charge on any atom is 0.0839 e. The van der Waals surface area contributed by atoms with Crippen LogP contribution in [0.4, 0.5) is 0 Å². The third kappa shape index (κ3) is 4.61. The van der Waals surface area contributed by atoms with Crippen molar-refractivity contribution in [1.82, 2.24) is 0 Å². The molecule has 0 bridgehead atoms. The minimum atomic E-state index is -0.377. The van der Waals surface area contributed by atoms with Gasteiger partial charge in [0.25, 0.3) is 0 Å². The monoisotopic (exact) mass is 346 g/mol. The van der Waals surface area contributed by atoms with Gasteiger partial charge in [-0.15, -0.1) is 0 Å². The van der Waals surface area contributed by atoms with Gasteiger partial charge in [-0.3, -0.25) is 0 Å². The summed E-state index contributed by atoms with van der Waals surface area (Å²) in [6.07, 6.45) is 9.49. The summed E-state index contributed by atoms with van der Waals surface area (Å²) in [4.78, 5) is 0. The van der Waals surface area contributed by atoms with Crippen LogP contribution in [0.5, 0.6) is 0 Å². The highest BCUT2D eigenvalue weighted by atomic mass is 28.2. The van der Waals surface area contributed by atoms with Crippen LogP contribution in [0, 0.1) is 5.92 Å². The van der Waals surface area contributed by atoms with E-state index in [1.807, 2.05) is 0 Å². The molecule has 1 atom stereocenters. The molecule has 0 aliphatic heterocycles. The standard InChI is InChI=1S/C24H30Si/c1-4-5-8-20-13-15-21(16-14-20)17-22-9-6-7-10-23(22)25-24-18(2)11-12-19(24)3/h6-7,9-16,18H,4-5,8,17,25H2,1-3H3. The molecule has 0 heterocycles. The average molecular weight is 347 g/mol. The maximum absolute atomic E-state index is 2.36. The van der Waals surface area contributed by atoms with Crippen LogP contribution in [0.3, 0.4) is 0 Å². The van der Waals surface area contributed by atoms with Gasteiger partial charge in [0.15, 0.2) is 0 Å². The largest absolute Gasteiger partial charge is 0.0839 e. The number of allylic oxidation sites excluding steroid dienone is 4. The van der Waals surface area contributed by atoms with Gasteiger partial charge in [0.1, 0.15) is 0 Å². The zero-order valence-corrected chi connectivity index (χ0v) is 17.3. The molecule has 0 aromatic heterocycles. The molecule has 0 amide bonds. The summed E-state index contributed by atoms with van der Waals surface area (Å²) < 4.78 is 0. The van der Waals surface area contributed by atoms with Gasteiger partial charge in [0.05, 0.1) is 9.52 Å². The SMILES string of the molecule is CCCCc1ccc(Cc2ccccc2[SiH2]C2=C(C)C=CC2C)cc1. The van der Waals surface area contributed by atoms with E-state index in [0.29, 0.717) is 5.92 Å². The Balaban J connectivity index is 1.74. The molecule has 2 aromatic carbocycles. The third-order valence-electron chi connectivity index (χ3n) is 5.43. The first-order valence-corrected chi connectivity index (χ1v) is 11.1. The second-order valence-electron chi connectivity index (χ2n) is 7.40. The quantitative estimate of drug-likeness (QED) is 0.626. The highest BCUT2D eigenvalue weighted by molar-refractivity contribution is 6.62. The van der Waals surface area contributed by atoms with Crippen molar-refractivity contribution >= 4 is 14.7 Å². The van der Waals surface area contributed by atoms with E-state index in [-0.39, 0.29) is 9.52 Å². The highest BCUT2D eigenvalue weighted by Crippen LogP contribution is 2.23. The first-order chi connectivity index (χ1) is 12.2. The van der Waals surface area contributed by atoms with E-state index in [1.54, 1.807) is 10.4 Å². The molecule has 130 valence electrons. The number of hydrogen-bond donors (Lipinski definition) is 0. The lowest BCUT2D eigenvalue weighted by Gasteiger charge is -2.14. The van der Waals surface area contributed by atoms with Gasteiger partial charge in [0, 0.05) is 0 Å². The van der Waals surface area contributed by atoms with Gasteiger partial charge in [-0.1, -0.05) is 96.9 Å². The number of unbranched alkanes of at least 4 members (excludes halogenated alkanes) is 1. The van der Waals surface area contributed by atoms with Gasteiger partial charge in [0.2, 0.25) is 0 Å². The summed E-state index contributed by atoms with van der Waals surface area (Å²) in [7, 11) is -0.377. The Hall–Kier alpha value is -1.86. The normalized spacial score (nSPS) is 17.2. The Bertz CT molecular complexity index is 765. The predicted molar refractivity (Wildman–Crippen MR) is 113 cm³/mol. The van der Waals surface area contributed by atoms with Crippen molar-refractivity contribution in [1.29, 1.82) is 0 Å². The van der Waals surface area contributed by atoms with E-state index in [2.05, 4.69) is 81.5 Å². The van der Waals surface area contributed by atoms with E-state index in [9.17, 15) is 0 Å². The van der Waals surface area contributed by atoms with Gasteiger partial charge in [-0.2, -0.15) is 0 Å². The second-order valence-corrected chi connectivity index (χ2v) is 9.28. The smallest absolute Gasteiger partial charge is 0.0778 e. The molecule has 0 saturated heterocycles. The van der Waals surface area contributed by atoms with E-state index in [0.717, 1.165) is 6.42 Å². The van der Waals surface area contributed by atoms with Crippen molar-refractivity contribution in [3.05, 3.63) is 88.1 Å². The molecular weight excluding hydrogens is 316 g/mol. The Morgan fingerprint density at radius 1 is 0.960 bits per heavy atom. The molecule has 0 fully saturated rings. The maximum atomic E-state index is 2.36. The Morgan fingerprint density at radius 3 is 2.36 bits per heavy atom. The van der Waals surface area contributed by atoms with Gasteiger partial charge < -0.3 is 0 Å². The predicted octanol–water partition coefficient (Wildman–Crippen LogP) is 4.89. The average Bonchev–Trinajstić information content (AvgIpc) is 2.95. The number of rotatable bonds is 7. The van der Waals surface area contributed by atoms with E-state index in [4.69, 9.17) is 0 Å². The molecule has 1 aliphatic carbocycles. The molecule has 0 spiro atoms. The minimum Gasteiger partial charge on any atom is -0.0778 e. The fourth-order valence-corrected chi connectivity index (χ4v) is 5.69. The summed E-state index contributed by atoms with van der Waals surface area (Å²) in [5.74, 6) is 0.637. The van der Waals surface area contributed by atoms with Gasteiger partial charge >= 0.3 is 0 Å². The lowest BCUT2D eigenvalue weighted by molar-refractivity contribution is 0.795. The van der Waals surface area contributed by atoms with Crippen LogP contribution in [0.2, 0.25) is 0 Å². The second kappa shape index (κ2) is 8.49. The van der Waals surface area contributed by atoms with E-state index >= 15 is 0 Å². The van der Waals surface area contributed by atoms with Gasteiger partial charge in [-0.25, -0.2) is 0 Å². The Labute approximate surface area is 155 Å². The summed E-state index contributed by atoms with van der Waals surface area (Å²) in [6, 6.07) is 18.4. The summed E-state index contributed by atoms with van der Waals surface area (Å²) in [5.41, 5.74) is 5.94. The summed E-state index contributed by atoms with van der Waals surface area (Å²) in [5, 5.41) is 3.32. The van der Waals surface area contributed by atoms with Crippen LogP contribution in [0.1, 0.15) is 50.3 Å². The highest BCUT2D eigenvalue weighted by Gasteiger charge is 2.16. The van der Waals surface area contributed by atoms with Crippen LogP contribution in [-0.2, 0) is 12.8 Å². The fraction of sp³-hybridized carbons (Fsp3) is 0.333. The van der Waals surface area contributed by atoms with E-state index < -0.39 is 0 Å². The van der Waals surface area contributed by atoms with Crippen molar-refractivity contribution in [2.45, 2.75) is 46.5 Å². The summed E-state index contributed by atoms with van der Waals surface area (Å²) >= 11 is 0. The van der Waals surface area contributed by atoms with Gasteiger partial charge in [-0.05, 0) is 48.8 Å². The molecule has 0 saturated carbocycles. The van der Waals surface area contributed by atoms with Crippen molar-refractivity contribution in [3.8, 4) is 0 Å². The lowest BCUT2D eigenvalue weighted by atomic mass is 10.0. The van der Waals surface area contributed by atoms with Crippen LogP contribution < -0.4 is 5.19 Å². The third-order valence-corrected chi connectivity index (χ3v) is 8.08. The molecule has 1 unspecified atom stereocenters. The summed E-state index contributed by atoms with van der Waals surface area (Å²) in [6.45, 7) is 6.88. The van der Waals surface area contributed by atoms with Crippen molar-refractivity contribution in [2.24, 2.45) is 5.92 Å². The number of benzene rings is 2. The molecule has 2 aromatic rings. The van der Waals surface area contributed by atoms with Crippen LogP contribution >= 0.6 is 0 Å². The molecule has 0 nitrogen and oxygen atoms in total. The van der Waals surface area contributed by atoms with E-state index in [1.165, 1.54) is 41.5 Å². The van der Waals surface area contributed by atoms with Crippen LogP contribution in [0.25, 0.3) is 0 Å². The molecule has 0 radical (unpaired) electrons. The number of aryl methyl sites for hydroxylation is 1. The zero-order valence-electron chi connectivity index (χ0n) is 15.9.